The highest BCUT2D eigenvalue weighted by atomic mass is 16.5. The van der Waals surface area contributed by atoms with Crippen LogP contribution >= 0.6 is 0 Å². The molecule has 0 aromatic carbocycles. The fourth-order valence-corrected chi connectivity index (χ4v) is 2.81. The third kappa shape index (κ3) is 5.38. The second kappa shape index (κ2) is 8.60. The first-order valence-corrected chi connectivity index (χ1v) is 8.07. The molecule has 2 aliphatic heterocycles. The standard InChI is InChI=1S/C15H29N3O2/c1-13-4-9-18(10-5-13)8-3-2-6-17-15(19)14-12-20-11-7-16-14/h13-14,16H,2-12H2,1H3,(H,17,19). The molecule has 2 fully saturated rings. The van der Waals surface area contributed by atoms with E-state index in [4.69, 9.17) is 4.74 Å². The second-order valence-corrected chi connectivity index (χ2v) is 6.10. The Labute approximate surface area is 122 Å². The Morgan fingerprint density at radius 2 is 2.15 bits per heavy atom. The zero-order chi connectivity index (χ0) is 14.2. The van der Waals surface area contributed by atoms with Crippen LogP contribution in [0.25, 0.3) is 0 Å². The minimum absolute atomic E-state index is 0.0801. The summed E-state index contributed by atoms with van der Waals surface area (Å²) in [6, 6.07) is -0.160. The van der Waals surface area contributed by atoms with Gasteiger partial charge in [0.15, 0.2) is 0 Å². The maximum absolute atomic E-state index is 11.8. The number of carbonyl (C=O) groups excluding carboxylic acids is 1. The maximum Gasteiger partial charge on any atom is 0.239 e. The van der Waals surface area contributed by atoms with Gasteiger partial charge in [-0.1, -0.05) is 6.92 Å². The molecule has 2 N–H and O–H groups in total. The van der Waals surface area contributed by atoms with Crippen molar-refractivity contribution in [2.45, 2.75) is 38.6 Å². The van der Waals surface area contributed by atoms with Gasteiger partial charge < -0.3 is 20.3 Å². The largest absolute Gasteiger partial charge is 0.378 e. The Bertz CT molecular complexity index is 285. The molecular formula is C15H29N3O2. The Hall–Kier alpha value is -0.650. The van der Waals surface area contributed by atoms with Crippen molar-refractivity contribution in [3.8, 4) is 0 Å². The number of hydrogen-bond donors (Lipinski definition) is 2. The van der Waals surface area contributed by atoms with Gasteiger partial charge >= 0.3 is 0 Å². The Kier molecular flexibility index (Phi) is 6.76. The zero-order valence-electron chi connectivity index (χ0n) is 12.7. The highest BCUT2D eigenvalue weighted by Crippen LogP contribution is 2.15. The molecule has 0 spiro atoms. The molecule has 1 amide bonds. The highest BCUT2D eigenvalue weighted by Gasteiger charge is 2.20. The summed E-state index contributed by atoms with van der Waals surface area (Å²) in [5, 5.41) is 6.17. The van der Waals surface area contributed by atoms with Crippen molar-refractivity contribution in [1.82, 2.24) is 15.5 Å². The van der Waals surface area contributed by atoms with Crippen LogP contribution in [-0.4, -0.2) is 62.8 Å². The average Bonchev–Trinajstić information content (AvgIpc) is 2.49. The van der Waals surface area contributed by atoms with E-state index < -0.39 is 0 Å². The summed E-state index contributed by atoms with van der Waals surface area (Å²) in [5.74, 6) is 0.979. The molecule has 0 radical (unpaired) electrons. The lowest BCUT2D eigenvalue weighted by Crippen LogP contribution is -2.51. The summed E-state index contributed by atoms with van der Waals surface area (Å²) in [7, 11) is 0. The molecule has 116 valence electrons. The van der Waals surface area contributed by atoms with E-state index in [0.29, 0.717) is 13.2 Å². The predicted molar refractivity (Wildman–Crippen MR) is 79.7 cm³/mol. The van der Waals surface area contributed by atoms with E-state index in [1.54, 1.807) is 0 Å². The molecule has 2 rings (SSSR count). The molecule has 0 bridgehead atoms. The van der Waals surface area contributed by atoms with Crippen LogP contribution < -0.4 is 10.6 Å². The molecule has 2 aliphatic rings. The van der Waals surface area contributed by atoms with Gasteiger partial charge in [0.05, 0.1) is 13.2 Å². The lowest BCUT2D eigenvalue weighted by molar-refractivity contribution is -0.125. The van der Waals surface area contributed by atoms with Gasteiger partial charge in [-0.2, -0.15) is 0 Å². The van der Waals surface area contributed by atoms with Crippen LogP contribution in [0.3, 0.4) is 0 Å². The number of nitrogens with one attached hydrogen (secondary N) is 2. The Morgan fingerprint density at radius 3 is 2.85 bits per heavy atom. The van der Waals surface area contributed by atoms with Gasteiger partial charge in [0, 0.05) is 13.1 Å². The van der Waals surface area contributed by atoms with Gasteiger partial charge in [-0.25, -0.2) is 0 Å². The quantitative estimate of drug-likeness (QED) is 0.701. The number of carbonyl (C=O) groups is 1. The smallest absolute Gasteiger partial charge is 0.239 e. The van der Waals surface area contributed by atoms with Gasteiger partial charge in [-0.3, -0.25) is 4.79 Å². The number of likely N-dealkylation sites (tertiary alicyclic amines) is 1. The molecule has 1 unspecified atom stereocenters. The van der Waals surface area contributed by atoms with E-state index in [1.165, 1.54) is 38.9 Å². The Morgan fingerprint density at radius 1 is 1.35 bits per heavy atom. The fraction of sp³-hybridized carbons (Fsp3) is 0.933. The minimum Gasteiger partial charge on any atom is -0.378 e. The summed E-state index contributed by atoms with van der Waals surface area (Å²) in [6.45, 7) is 8.76. The van der Waals surface area contributed by atoms with Gasteiger partial charge in [0.2, 0.25) is 5.91 Å². The first-order valence-electron chi connectivity index (χ1n) is 8.07. The van der Waals surface area contributed by atoms with Crippen LogP contribution in [0.15, 0.2) is 0 Å². The summed E-state index contributed by atoms with van der Waals surface area (Å²) in [5.41, 5.74) is 0. The number of nitrogens with zero attached hydrogens (tertiary/aromatic N) is 1. The van der Waals surface area contributed by atoms with Crippen molar-refractivity contribution in [2.24, 2.45) is 5.92 Å². The lowest BCUT2D eigenvalue weighted by atomic mass is 9.99. The van der Waals surface area contributed by atoms with Crippen LogP contribution in [0.4, 0.5) is 0 Å². The average molecular weight is 283 g/mol. The van der Waals surface area contributed by atoms with Crippen LogP contribution in [-0.2, 0) is 9.53 Å². The number of rotatable bonds is 6. The summed E-state index contributed by atoms with van der Waals surface area (Å²) in [6.07, 6.45) is 4.91. The number of ether oxygens (including phenoxy) is 1. The predicted octanol–water partition coefficient (Wildman–Crippen LogP) is 0.603. The molecule has 1 atom stereocenters. The molecule has 0 aliphatic carbocycles. The Balaban J connectivity index is 1.47. The SMILES string of the molecule is CC1CCN(CCCCNC(=O)C2COCCN2)CC1. The first kappa shape index (κ1) is 15.7. The molecule has 2 heterocycles. The van der Waals surface area contributed by atoms with Gasteiger partial charge in [-0.05, 0) is 51.2 Å². The van der Waals surface area contributed by atoms with E-state index in [-0.39, 0.29) is 11.9 Å². The minimum atomic E-state index is -0.160. The third-order valence-corrected chi connectivity index (χ3v) is 4.31. The van der Waals surface area contributed by atoms with Gasteiger partial charge in [0.1, 0.15) is 6.04 Å². The van der Waals surface area contributed by atoms with E-state index in [1.807, 2.05) is 0 Å². The number of morpholine rings is 1. The number of unbranched alkanes of at least 4 members (excludes halogenated alkanes) is 1. The van der Waals surface area contributed by atoms with Crippen LogP contribution in [0.2, 0.25) is 0 Å². The van der Waals surface area contributed by atoms with Crippen molar-refractivity contribution in [3.63, 3.8) is 0 Å². The van der Waals surface area contributed by atoms with Crippen molar-refractivity contribution >= 4 is 5.91 Å². The van der Waals surface area contributed by atoms with E-state index in [0.717, 1.165) is 25.4 Å². The zero-order valence-corrected chi connectivity index (χ0v) is 12.7. The van der Waals surface area contributed by atoms with E-state index in [2.05, 4.69) is 22.5 Å². The number of amides is 1. The lowest BCUT2D eigenvalue weighted by Gasteiger charge is -2.30. The second-order valence-electron chi connectivity index (χ2n) is 6.10. The summed E-state index contributed by atoms with van der Waals surface area (Å²) in [4.78, 5) is 14.4. The fourth-order valence-electron chi connectivity index (χ4n) is 2.81. The van der Waals surface area contributed by atoms with Crippen LogP contribution in [0, 0.1) is 5.92 Å². The molecular weight excluding hydrogens is 254 g/mol. The van der Waals surface area contributed by atoms with Crippen molar-refractivity contribution in [2.75, 3.05) is 45.9 Å². The van der Waals surface area contributed by atoms with E-state index in [9.17, 15) is 4.79 Å². The maximum atomic E-state index is 11.8. The van der Waals surface area contributed by atoms with Crippen LogP contribution in [0.1, 0.15) is 32.6 Å². The van der Waals surface area contributed by atoms with Crippen LogP contribution in [0.5, 0.6) is 0 Å². The topological polar surface area (TPSA) is 53.6 Å². The van der Waals surface area contributed by atoms with Crippen molar-refractivity contribution in [1.29, 1.82) is 0 Å². The molecule has 0 saturated carbocycles. The molecule has 5 nitrogen and oxygen atoms in total. The highest BCUT2D eigenvalue weighted by molar-refractivity contribution is 5.81. The monoisotopic (exact) mass is 283 g/mol. The summed E-state index contributed by atoms with van der Waals surface area (Å²) >= 11 is 0. The first-order chi connectivity index (χ1) is 9.75. The van der Waals surface area contributed by atoms with Gasteiger partial charge in [0.25, 0.3) is 0 Å². The van der Waals surface area contributed by atoms with E-state index >= 15 is 0 Å². The molecule has 20 heavy (non-hydrogen) atoms. The molecule has 5 heteroatoms. The van der Waals surface area contributed by atoms with Gasteiger partial charge in [-0.15, -0.1) is 0 Å². The number of hydrogen-bond acceptors (Lipinski definition) is 4. The van der Waals surface area contributed by atoms with Crippen molar-refractivity contribution < 1.29 is 9.53 Å². The third-order valence-electron chi connectivity index (χ3n) is 4.31. The van der Waals surface area contributed by atoms with Crippen molar-refractivity contribution in [3.05, 3.63) is 0 Å². The normalized spacial score (nSPS) is 25.6. The number of piperidine rings is 1. The molecule has 2 saturated heterocycles. The summed E-state index contributed by atoms with van der Waals surface area (Å²) < 4.78 is 5.29. The molecule has 0 aromatic rings. The molecule has 0 aromatic heterocycles.